The maximum Gasteiger partial charge on any atom is 0.243 e. The smallest absolute Gasteiger partial charge is 0.243 e. The highest BCUT2D eigenvalue weighted by Gasteiger charge is 2.28. The lowest BCUT2D eigenvalue weighted by molar-refractivity contribution is 0.181. The Morgan fingerprint density at radius 3 is 2.21 bits per heavy atom. The number of benzene rings is 2. The van der Waals surface area contributed by atoms with Crippen LogP contribution in [0.25, 0.3) is 0 Å². The fourth-order valence-corrected chi connectivity index (χ4v) is 4.71. The average molecular weight is 430 g/mol. The summed E-state index contributed by atoms with van der Waals surface area (Å²) in [5.74, 6) is 0. The molecule has 0 spiro atoms. The Morgan fingerprint density at radius 2 is 1.58 bits per heavy atom. The van der Waals surface area contributed by atoms with Crippen LogP contribution in [-0.2, 0) is 16.6 Å². The third kappa shape index (κ3) is 4.00. The summed E-state index contributed by atoms with van der Waals surface area (Å²) >= 11 is 9.40. The van der Waals surface area contributed by atoms with Crippen LogP contribution in [0.15, 0.2) is 57.9 Å². The topological polar surface area (TPSA) is 40.6 Å². The van der Waals surface area contributed by atoms with E-state index in [1.54, 1.807) is 28.6 Å². The maximum absolute atomic E-state index is 12.7. The Labute approximate surface area is 156 Å². The van der Waals surface area contributed by atoms with Gasteiger partial charge < -0.3 is 0 Å². The van der Waals surface area contributed by atoms with E-state index in [0.717, 1.165) is 11.0 Å². The van der Waals surface area contributed by atoms with Gasteiger partial charge in [0.05, 0.1) is 4.90 Å². The molecule has 1 heterocycles. The van der Waals surface area contributed by atoms with Crippen LogP contribution in [0.4, 0.5) is 0 Å². The summed E-state index contributed by atoms with van der Waals surface area (Å²) in [7, 11) is -3.44. The van der Waals surface area contributed by atoms with E-state index < -0.39 is 10.0 Å². The Kier molecular flexibility index (Phi) is 5.62. The minimum absolute atomic E-state index is 0.297. The van der Waals surface area contributed by atoms with Crippen LogP contribution in [0.2, 0.25) is 5.02 Å². The molecule has 128 valence electrons. The number of nitrogens with zero attached hydrogens (tertiary/aromatic N) is 2. The van der Waals surface area contributed by atoms with Gasteiger partial charge in [-0.2, -0.15) is 4.31 Å². The van der Waals surface area contributed by atoms with Gasteiger partial charge in [-0.15, -0.1) is 0 Å². The zero-order valence-corrected chi connectivity index (χ0v) is 16.2. The van der Waals surface area contributed by atoms with Crippen LogP contribution in [0, 0.1) is 0 Å². The second kappa shape index (κ2) is 7.54. The molecule has 0 radical (unpaired) electrons. The van der Waals surface area contributed by atoms with Gasteiger partial charge in [0.25, 0.3) is 0 Å². The molecule has 0 aliphatic carbocycles. The van der Waals surface area contributed by atoms with E-state index in [1.165, 1.54) is 5.56 Å². The lowest BCUT2D eigenvalue weighted by Gasteiger charge is -2.34. The Bertz CT molecular complexity index is 804. The lowest BCUT2D eigenvalue weighted by Crippen LogP contribution is -2.48. The van der Waals surface area contributed by atoms with Crippen LogP contribution < -0.4 is 0 Å². The van der Waals surface area contributed by atoms with Crippen molar-refractivity contribution in [3.63, 3.8) is 0 Å². The van der Waals surface area contributed by atoms with Crippen molar-refractivity contribution in [1.29, 1.82) is 0 Å². The molecule has 1 fully saturated rings. The standard InChI is InChI=1S/C17H18BrClN2O2S/c18-17-4-2-1-3-14(17)13-20-9-11-21(12-10-20)24(22,23)16-7-5-15(19)6-8-16/h1-8H,9-13H2. The minimum atomic E-state index is -3.44. The van der Waals surface area contributed by atoms with Crippen molar-refractivity contribution >= 4 is 37.6 Å². The van der Waals surface area contributed by atoms with E-state index in [-0.39, 0.29) is 0 Å². The van der Waals surface area contributed by atoms with E-state index in [2.05, 4.69) is 26.9 Å². The molecule has 4 nitrogen and oxygen atoms in total. The van der Waals surface area contributed by atoms with Gasteiger partial charge in [0, 0.05) is 42.2 Å². The molecule has 3 rings (SSSR count). The molecule has 1 aliphatic rings. The van der Waals surface area contributed by atoms with Crippen molar-refractivity contribution in [2.45, 2.75) is 11.4 Å². The largest absolute Gasteiger partial charge is 0.296 e. The zero-order chi connectivity index (χ0) is 17.2. The predicted octanol–water partition coefficient (Wildman–Crippen LogP) is 3.61. The SMILES string of the molecule is O=S(=O)(c1ccc(Cl)cc1)N1CCN(Cc2ccccc2Br)CC1. The highest BCUT2D eigenvalue weighted by molar-refractivity contribution is 9.10. The van der Waals surface area contributed by atoms with Crippen molar-refractivity contribution < 1.29 is 8.42 Å². The first-order valence-corrected chi connectivity index (χ1v) is 10.3. The summed E-state index contributed by atoms with van der Waals surface area (Å²) in [6.07, 6.45) is 0. The summed E-state index contributed by atoms with van der Waals surface area (Å²) in [5.41, 5.74) is 1.21. The summed E-state index contributed by atoms with van der Waals surface area (Å²) < 4.78 is 28.0. The van der Waals surface area contributed by atoms with Gasteiger partial charge in [0.15, 0.2) is 0 Å². The number of sulfonamides is 1. The Balaban J connectivity index is 1.64. The van der Waals surface area contributed by atoms with Crippen LogP contribution in [0.3, 0.4) is 0 Å². The molecule has 1 saturated heterocycles. The van der Waals surface area contributed by atoms with E-state index in [4.69, 9.17) is 11.6 Å². The quantitative estimate of drug-likeness (QED) is 0.745. The van der Waals surface area contributed by atoms with Crippen LogP contribution in [0.5, 0.6) is 0 Å². The number of hydrogen-bond acceptors (Lipinski definition) is 3. The van der Waals surface area contributed by atoms with Crippen molar-refractivity contribution in [3.8, 4) is 0 Å². The highest BCUT2D eigenvalue weighted by Crippen LogP contribution is 2.22. The van der Waals surface area contributed by atoms with E-state index in [0.29, 0.717) is 36.1 Å². The maximum atomic E-state index is 12.7. The normalized spacial score (nSPS) is 17.1. The van der Waals surface area contributed by atoms with E-state index in [1.807, 2.05) is 18.2 Å². The molecule has 7 heteroatoms. The molecule has 0 amide bonds. The lowest BCUT2D eigenvalue weighted by atomic mass is 10.2. The fourth-order valence-electron chi connectivity index (χ4n) is 2.75. The fraction of sp³-hybridized carbons (Fsp3) is 0.294. The molecule has 1 aliphatic heterocycles. The minimum Gasteiger partial charge on any atom is -0.296 e. The molecule has 0 aromatic heterocycles. The Morgan fingerprint density at radius 1 is 0.958 bits per heavy atom. The van der Waals surface area contributed by atoms with Crippen molar-refractivity contribution in [3.05, 3.63) is 63.6 Å². The highest BCUT2D eigenvalue weighted by atomic mass is 79.9. The van der Waals surface area contributed by atoms with Gasteiger partial charge in [0.2, 0.25) is 10.0 Å². The predicted molar refractivity (Wildman–Crippen MR) is 99.6 cm³/mol. The van der Waals surface area contributed by atoms with Crippen molar-refractivity contribution in [1.82, 2.24) is 9.21 Å². The summed E-state index contributed by atoms with van der Waals surface area (Å²) in [4.78, 5) is 2.57. The summed E-state index contributed by atoms with van der Waals surface area (Å²) in [6.45, 7) is 3.24. The van der Waals surface area contributed by atoms with Crippen molar-refractivity contribution in [2.75, 3.05) is 26.2 Å². The second-order valence-electron chi connectivity index (χ2n) is 5.73. The molecule has 2 aromatic carbocycles. The van der Waals surface area contributed by atoms with Gasteiger partial charge in [0.1, 0.15) is 0 Å². The first kappa shape index (κ1) is 17.9. The number of hydrogen-bond donors (Lipinski definition) is 0. The van der Waals surface area contributed by atoms with Gasteiger partial charge in [-0.3, -0.25) is 4.90 Å². The first-order valence-electron chi connectivity index (χ1n) is 7.68. The summed E-state index contributed by atoms with van der Waals surface area (Å²) in [5, 5.41) is 0.534. The third-order valence-electron chi connectivity index (χ3n) is 4.13. The molecular weight excluding hydrogens is 412 g/mol. The second-order valence-corrected chi connectivity index (χ2v) is 8.95. The molecule has 24 heavy (non-hydrogen) atoms. The average Bonchev–Trinajstić information content (AvgIpc) is 2.58. The number of piperazine rings is 1. The van der Waals surface area contributed by atoms with Crippen LogP contribution in [-0.4, -0.2) is 43.8 Å². The zero-order valence-electron chi connectivity index (χ0n) is 13.0. The van der Waals surface area contributed by atoms with Gasteiger partial charge in [-0.1, -0.05) is 45.7 Å². The molecule has 2 aromatic rings. The first-order chi connectivity index (χ1) is 11.5. The number of rotatable bonds is 4. The van der Waals surface area contributed by atoms with Crippen LogP contribution >= 0.6 is 27.5 Å². The third-order valence-corrected chi connectivity index (χ3v) is 7.07. The molecule has 0 saturated carbocycles. The van der Waals surface area contributed by atoms with E-state index in [9.17, 15) is 8.42 Å². The molecule has 0 unspecified atom stereocenters. The molecular formula is C17H18BrClN2O2S. The van der Waals surface area contributed by atoms with Gasteiger partial charge in [-0.05, 0) is 35.9 Å². The Hall–Kier alpha value is -0.920. The number of halogens is 2. The van der Waals surface area contributed by atoms with Crippen LogP contribution in [0.1, 0.15) is 5.56 Å². The molecule has 0 bridgehead atoms. The van der Waals surface area contributed by atoms with Gasteiger partial charge >= 0.3 is 0 Å². The van der Waals surface area contributed by atoms with Gasteiger partial charge in [-0.25, -0.2) is 8.42 Å². The molecule has 0 N–H and O–H groups in total. The van der Waals surface area contributed by atoms with Crippen molar-refractivity contribution in [2.24, 2.45) is 0 Å². The monoisotopic (exact) mass is 428 g/mol. The summed E-state index contributed by atoms with van der Waals surface area (Å²) in [6, 6.07) is 14.5. The molecule has 0 atom stereocenters. The van der Waals surface area contributed by atoms with E-state index >= 15 is 0 Å².